The molecular formula is C26H29ClN6O4S. The van der Waals surface area contributed by atoms with Gasteiger partial charge in [-0.1, -0.05) is 23.7 Å². The molecular weight excluding hydrogens is 528 g/mol. The number of aliphatic imine (C=N–C) groups is 1. The van der Waals surface area contributed by atoms with Crippen LogP contribution in [0.1, 0.15) is 35.2 Å². The van der Waals surface area contributed by atoms with Crippen LogP contribution in [0.15, 0.2) is 47.5 Å². The molecule has 2 aliphatic rings. The Morgan fingerprint density at radius 2 is 1.87 bits per heavy atom. The van der Waals surface area contributed by atoms with E-state index in [1.54, 1.807) is 7.11 Å². The van der Waals surface area contributed by atoms with E-state index in [2.05, 4.69) is 15.5 Å². The Hall–Kier alpha value is -3.28. The number of methoxy groups -OCH3 is 1. The van der Waals surface area contributed by atoms with Gasteiger partial charge in [-0.2, -0.15) is 0 Å². The summed E-state index contributed by atoms with van der Waals surface area (Å²) in [6.45, 7) is 3.85. The maximum Gasteiger partial charge on any atom is 0.222 e. The van der Waals surface area contributed by atoms with E-state index in [9.17, 15) is 13.2 Å². The quantitative estimate of drug-likeness (QED) is 0.474. The zero-order chi connectivity index (χ0) is 26.9. The second-order valence-electron chi connectivity index (χ2n) is 9.37. The molecule has 0 spiro atoms. The van der Waals surface area contributed by atoms with Gasteiger partial charge < -0.3 is 10.1 Å². The first-order chi connectivity index (χ1) is 18.2. The maximum absolute atomic E-state index is 13.1. The van der Waals surface area contributed by atoms with Crippen molar-refractivity contribution < 1.29 is 17.9 Å². The first-order valence-electron chi connectivity index (χ1n) is 12.4. The molecule has 5 rings (SSSR count). The first kappa shape index (κ1) is 26.3. The highest BCUT2D eigenvalue weighted by Gasteiger charge is 2.30. The number of hydrogen-bond donors (Lipinski definition) is 1. The highest BCUT2D eigenvalue weighted by Crippen LogP contribution is 2.34. The summed E-state index contributed by atoms with van der Waals surface area (Å²) in [6.07, 6.45) is 0.0781. The lowest BCUT2D eigenvalue weighted by Gasteiger charge is -2.26. The molecule has 2 aromatic carbocycles. The van der Waals surface area contributed by atoms with E-state index in [4.69, 9.17) is 21.3 Å². The lowest BCUT2D eigenvalue weighted by Crippen LogP contribution is -2.43. The summed E-state index contributed by atoms with van der Waals surface area (Å²) < 4.78 is 30.8. The number of amides is 1. The van der Waals surface area contributed by atoms with Crippen LogP contribution in [0.4, 0.5) is 0 Å². The number of hydrogen-bond acceptors (Lipinski definition) is 8. The van der Waals surface area contributed by atoms with E-state index in [-0.39, 0.29) is 23.8 Å². The summed E-state index contributed by atoms with van der Waals surface area (Å²) in [6, 6.07) is 12.6. The van der Waals surface area contributed by atoms with Crippen LogP contribution in [-0.2, 0) is 14.6 Å². The summed E-state index contributed by atoms with van der Waals surface area (Å²) in [4.78, 5) is 20.2. The van der Waals surface area contributed by atoms with Crippen molar-refractivity contribution in [2.24, 2.45) is 4.99 Å². The lowest BCUT2D eigenvalue weighted by molar-refractivity contribution is -0.121. The zero-order valence-corrected chi connectivity index (χ0v) is 22.8. The van der Waals surface area contributed by atoms with Gasteiger partial charge in [0.2, 0.25) is 5.91 Å². The van der Waals surface area contributed by atoms with Gasteiger partial charge in [0.1, 0.15) is 17.6 Å². The smallest absolute Gasteiger partial charge is 0.222 e. The second kappa shape index (κ2) is 10.8. The van der Waals surface area contributed by atoms with Crippen LogP contribution in [0.3, 0.4) is 0 Å². The number of ether oxygens (including phenoxy) is 1. The molecule has 1 amide bonds. The Bertz CT molecular complexity index is 1470. The molecule has 200 valence electrons. The molecule has 0 radical (unpaired) electrons. The molecule has 1 aromatic heterocycles. The van der Waals surface area contributed by atoms with Crippen molar-refractivity contribution in [3.05, 3.63) is 70.3 Å². The Balaban J connectivity index is 1.42. The largest absolute Gasteiger partial charge is 0.497 e. The maximum atomic E-state index is 13.1. The van der Waals surface area contributed by atoms with Crippen LogP contribution in [0.25, 0.3) is 5.69 Å². The number of nitrogens with one attached hydrogen (secondary N) is 1. The molecule has 0 saturated carbocycles. The number of nitrogens with zero attached hydrogens (tertiary/aromatic N) is 5. The van der Waals surface area contributed by atoms with Crippen molar-refractivity contribution in [2.75, 3.05) is 44.8 Å². The van der Waals surface area contributed by atoms with Crippen molar-refractivity contribution >= 4 is 33.1 Å². The van der Waals surface area contributed by atoms with E-state index in [1.165, 1.54) is 0 Å². The third-order valence-corrected chi connectivity index (χ3v) is 8.68. The van der Waals surface area contributed by atoms with Crippen molar-refractivity contribution in [3.8, 4) is 11.4 Å². The molecule has 12 heteroatoms. The molecule has 0 aliphatic carbocycles. The number of aromatic nitrogens is 3. The fourth-order valence-corrected chi connectivity index (χ4v) is 6.15. The van der Waals surface area contributed by atoms with Crippen LogP contribution < -0.4 is 10.1 Å². The number of benzene rings is 2. The predicted octanol–water partition coefficient (Wildman–Crippen LogP) is 2.37. The highest BCUT2D eigenvalue weighted by atomic mass is 35.5. The third kappa shape index (κ3) is 5.59. The van der Waals surface area contributed by atoms with Crippen LogP contribution in [-0.4, -0.2) is 84.5 Å². The molecule has 1 saturated heterocycles. The van der Waals surface area contributed by atoms with Gasteiger partial charge in [0, 0.05) is 42.3 Å². The average molecular weight is 557 g/mol. The second-order valence-corrected chi connectivity index (χ2v) is 12.1. The number of carbonyl (C=O) groups is 1. The number of carbonyl (C=O) groups excluding carboxylic acids is 1. The highest BCUT2D eigenvalue weighted by molar-refractivity contribution is 7.91. The van der Waals surface area contributed by atoms with Gasteiger partial charge in [-0.3, -0.25) is 19.3 Å². The summed E-state index contributed by atoms with van der Waals surface area (Å²) in [5.74, 6) is 2.09. The summed E-state index contributed by atoms with van der Waals surface area (Å²) in [5.41, 5.74) is 3.23. The number of fused-ring (bicyclic) bond motifs is 3. The molecule has 2 aliphatic heterocycles. The van der Waals surface area contributed by atoms with E-state index < -0.39 is 15.9 Å². The van der Waals surface area contributed by atoms with Crippen molar-refractivity contribution in [3.63, 3.8) is 0 Å². The van der Waals surface area contributed by atoms with Gasteiger partial charge in [-0.05, 0) is 37.3 Å². The lowest BCUT2D eigenvalue weighted by atomic mass is 10.00. The number of aryl methyl sites for hydroxylation is 1. The van der Waals surface area contributed by atoms with Gasteiger partial charge in [0.15, 0.2) is 15.7 Å². The first-order valence-corrected chi connectivity index (χ1v) is 14.6. The Kier molecular flexibility index (Phi) is 7.51. The summed E-state index contributed by atoms with van der Waals surface area (Å²) in [5, 5.41) is 12.3. The van der Waals surface area contributed by atoms with Gasteiger partial charge in [-0.25, -0.2) is 8.42 Å². The SMILES string of the molecule is COc1ccc2c(c1)C(c1ccc(Cl)cc1)=N[C@@H](CC(=O)NCCN1CCS(=O)(=O)CC1)c1nnc(C)n1-2. The zero-order valence-electron chi connectivity index (χ0n) is 21.2. The topological polar surface area (TPSA) is 119 Å². The molecule has 1 N–H and O–H groups in total. The van der Waals surface area contributed by atoms with Crippen LogP contribution in [0, 0.1) is 6.92 Å². The third-order valence-electron chi connectivity index (χ3n) is 6.82. The summed E-state index contributed by atoms with van der Waals surface area (Å²) >= 11 is 6.15. The molecule has 38 heavy (non-hydrogen) atoms. The fourth-order valence-electron chi connectivity index (χ4n) is 4.75. The molecule has 3 heterocycles. The standard InChI is InChI=1S/C26H29ClN6O4S/c1-17-30-31-26-22(16-24(34)28-9-10-32-11-13-38(35,36)14-12-32)29-25(18-3-5-19(27)6-4-18)21-15-20(37-2)7-8-23(21)33(17)26/h3-8,15,22H,9-14,16H2,1-2H3,(H,28,34)/t22-/m0/s1. The molecule has 1 fully saturated rings. The Morgan fingerprint density at radius 3 is 2.58 bits per heavy atom. The van der Waals surface area contributed by atoms with E-state index >= 15 is 0 Å². The van der Waals surface area contributed by atoms with Gasteiger partial charge in [0.05, 0.1) is 36.4 Å². The number of halogens is 1. The monoisotopic (exact) mass is 556 g/mol. The normalized spacial score (nSPS) is 18.6. The molecule has 3 aromatic rings. The Morgan fingerprint density at radius 1 is 1.13 bits per heavy atom. The van der Waals surface area contributed by atoms with Gasteiger partial charge >= 0.3 is 0 Å². The number of rotatable bonds is 7. The van der Waals surface area contributed by atoms with Gasteiger partial charge in [-0.15, -0.1) is 10.2 Å². The minimum atomic E-state index is -2.94. The fraction of sp³-hybridized carbons (Fsp3) is 0.385. The van der Waals surface area contributed by atoms with Crippen molar-refractivity contribution in [1.82, 2.24) is 25.0 Å². The predicted molar refractivity (Wildman–Crippen MR) is 145 cm³/mol. The van der Waals surface area contributed by atoms with Crippen LogP contribution in [0.2, 0.25) is 5.02 Å². The summed E-state index contributed by atoms with van der Waals surface area (Å²) in [7, 11) is -1.32. The number of sulfone groups is 1. The van der Waals surface area contributed by atoms with Crippen molar-refractivity contribution in [1.29, 1.82) is 0 Å². The molecule has 0 unspecified atom stereocenters. The van der Waals surface area contributed by atoms with E-state index in [1.807, 2.05) is 58.9 Å². The average Bonchev–Trinajstić information content (AvgIpc) is 3.22. The molecule has 1 atom stereocenters. The van der Waals surface area contributed by atoms with E-state index in [0.717, 1.165) is 16.8 Å². The Labute approximate surface area is 226 Å². The minimum Gasteiger partial charge on any atom is -0.497 e. The molecule has 10 nitrogen and oxygen atoms in total. The van der Waals surface area contributed by atoms with Crippen LogP contribution >= 0.6 is 11.6 Å². The van der Waals surface area contributed by atoms with Crippen LogP contribution in [0.5, 0.6) is 5.75 Å². The van der Waals surface area contributed by atoms with Gasteiger partial charge in [0.25, 0.3) is 0 Å². The minimum absolute atomic E-state index is 0.0781. The molecule has 0 bridgehead atoms. The van der Waals surface area contributed by atoms with Crippen molar-refractivity contribution in [2.45, 2.75) is 19.4 Å². The van der Waals surface area contributed by atoms with E-state index in [0.29, 0.717) is 54.3 Å².